The van der Waals surface area contributed by atoms with Crippen molar-refractivity contribution in [3.05, 3.63) is 59.7 Å². The monoisotopic (exact) mass is 325 g/mol. The summed E-state index contributed by atoms with van der Waals surface area (Å²) in [5, 5.41) is 12.8. The van der Waals surface area contributed by atoms with Gasteiger partial charge in [0.2, 0.25) is 5.79 Å². The minimum atomic E-state index is -4.71. The lowest BCUT2D eigenvalue weighted by atomic mass is 10.1. The van der Waals surface area contributed by atoms with Gasteiger partial charge in [-0.25, -0.2) is 0 Å². The first-order valence-electron chi connectivity index (χ1n) is 6.89. The molecule has 1 unspecified atom stereocenters. The number of benzene rings is 2. The van der Waals surface area contributed by atoms with Gasteiger partial charge in [0.15, 0.2) is 0 Å². The van der Waals surface area contributed by atoms with Crippen molar-refractivity contribution in [2.24, 2.45) is 0 Å². The third-order valence-corrected chi connectivity index (χ3v) is 3.39. The van der Waals surface area contributed by atoms with E-state index in [-0.39, 0.29) is 12.4 Å². The third-order valence-electron chi connectivity index (χ3n) is 3.39. The molecule has 0 saturated carbocycles. The average Bonchev–Trinajstić information content (AvgIpc) is 3.23. The van der Waals surface area contributed by atoms with Crippen LogP contribution >= 0.6 is 0 Å². The molecule has 0 bridgehead atoms. The van der Waals surface area contributed by atoms with Gasteiger partial charge in [-0.3, -0.25) is 0 Å². The Hall–Kier alpha value is -2.25. The first kappa shape index (κ1) is 15.6. The van der Waals surface area contributed by atoms with Crippen molar-refractivity contribution < 1.29 is 27.8 Å². The van der Waals surface area contributed by atoms with Gasteiger partial charge in [-0.15, -0.1) is 13.2 Å². The molecule has 1 aliphatic heterocycles. The van der Waals surface area contributed by atoms with Crippen molar-refractivity contribution in [2.45, 2.75) is 18.7 Å². The number of epoxide rings is 1. The van der Waals surface area contributed by atoms with E-state index in [9.17, 15) is 18.3 Å². The van der Waals surface area contributed by atoms with Crippen LogP contribution in [0.1, 0.15) is 11.1 Å². The maximum atomic E-state index is 12.2. The van der Waals surface area contributed by atoms with Gasteiger partial charge in [0.1, 0.15) is 12.4 Å². The van der Waals surface area contributed by atoms with Gasteiger partial charge < -0.3 is 19.9 Å². The molecular weight excluding hydrogens is 311 g/mol. The van der Waals surface area contributed by atoms with Crippen LogP contribution < -0.4 is 10.1 Å². The highest BCUT2D eigenvalue weighted by molar-refractivity contribution is 5.48. The molecule has 7 heteroatoms. The van der Waals surface area contributed by atoms with Crippen LogP contribution in [0.5, 0.6) is 5.75 Å². The lowest BCUT2D eigenvalue weighted by Gasteiger charge is -2.12. The van der Waals surface area contributed by atoms with E-state index in [4.69, 9.17) is 4.74 Å². The molecule has 2 aromatic carbocycles. The lowest BCUT2D eigenvalue weighted by Crippen LogP contribution is -2.17. The predicted octanol–water partition coefficient (Wildman–Crippen LogP) is 3.37. The van der Waals surface area contributed by atoms with Crippen molar-refractivity contribution >= 4 is 5.69 Å². The summed E-state index contributed by atoms with van der Waals surface area (Å²) >= 11 is 0. The predicted molar refractivity (Wildman–Crippen MR) is 76.7 cm³/mol. The average molecular weight is 325 g/mol. The Morgan fingerprint density at radius 2 is 1.87 bits per heavy atom. The molecule has 122 valence electrons. The second kappa shape index (κ2) is 5.75. The van der Waals surface area contributed by atoms with E-state index >= 15 is 0 Å². The number of hydrogen-bond donors (Lipinski definition) is 2. The molecule has 0 radical (unpaired) electrons. The molecule has 4 nitrogen and oxygen atoms in total. The highest BCUT2D eigenvalue weighted by Crippen LogP contribution is 2.35. The zero-order valence-electron chi connectivity index (χ0n) is 11.9. The number of nitrogens with one attached hydrogen (secondary N) is 1. The Morgan fingerprint density at radius 3 is 2.48 bits per heavy atom. The van der Waals surface area contributed by atoms with E-state index in [1.807, 2.05) is 12.1 Å². The fourth-order valence-corrected chi connectivity index (χ4v) is 2.13. The first-order valence-corrected chi connectivity index (χ1v) is 6.89. The summed E-state index contributed by atoms with van der Waals surface area (Å²) in [6, 6.07) is 12.8. The number of aliphatic hydroxyl groups is 1. The van der Waals surface area contributed by atoms with Crippen LogP contribution in [0.4, 0.5) is 18.9 Å². The topological polar surface area (TPSA) is 54.0 Å². The molecule has 23 heavy (non-hydrogen) atoms. The number of anilines is 1. The van der Waals surface area contributed by atoms with Gasteiger partial charge in [0, 0.05) is 23.9 Å². The minimum Gasteiger partial charge on any atom is -0.406 e. The van der Waals surface area contributed by atoms with Gasteiger partial charge in [0.25, 0.3) is 0 Å². The number of alkyl halides is 3. The molecule has 2 N–H and O–H groups in total. The summed E-state index contributed by atoms with van der Waals surface area (Å²) in [7, 11) is 0. The maximum absolute atomic E-state index is 12.2. The Labute approximate surface area is 130 Å². The molecule has 1 fully saturated rings. The van der Waals surface area contributed by atoms with Crippen molar-refractivity contribution in [1.29, 1.82) is 0 Å². The quantitative estimate of drug-likeness (QED) is 0.828. The number of halogens is 3. The van der Waals surface area contributed by atoms with E-state index < -0.39 is 12.1 Å². The van der Waals surface area contributed by atoms with Crippen LogP contribution in [-0.4, -0.2) is 18.1 Å². The Balaban J connectivity index is 1.60. The molecule has 2 aromatic rings. The largest absolute Gasteiger partial charge is 0.573 e. The van der Waals surface area contributed by atoms with Gasteiger partial charge >= 0.3 is 6.36 Å². The number of rotatable bonds is 5. The molecule has 3 rings (SSSR count). The molecule has 0 amide bonds. The van der Waals surface area contributed by atoms with Gasteiger partial charge in [-0.1, -0.05) is 30.3 Å². The van der Waals surface area contributed by atoms with Crippen LogP contribution in [0.3, 0.4) is 0 Å². The molecular formula is C16H14F3NO3. The maximum Gasteiger partial charge on any atom is 0.573 e. The number of hydrogen-bond acceptors (Lipinski definition) is 4. The lowest BCUT2D eigenvalue weighted by molar-refractivity contribution is -0.274. The fraction of sp³-hybridized carbons (Fsp3) is 0.250. The summed E-state index contributed by atoms with van der Waals surface area (Å²) < 4.78 is 45.4. The van der Waals surface area contributed by atoms with E-state index in [0.717, 1.165) is 5.56 Å². The van der Waals surface area contributed by atoms with Crippen LogP contribution in [-0.2, 0) is 17.1 Å². The van der Waals surface area contributed by atoms with Crippen LogP contribution in [0, 0.1) is 0 Å². The molecule has 1 heterocycles. The molecule has 0 aromatic heterocycles. The first-order chi connectivity index (χ1) is 10.8. The zero-order valence-corrected chi connectivity index (χ0v) is 11.9. The summed E-state index contributed by atoms with van der Waals surface area (Å²) in [5.74, 6) is -1.43. The SMILES string of the molecule is OC1(c2ccc(CNc3cccc(OC(F)(F)F)c3)cc2)CO1. The third kappa shape index (κ3) is 4.14. The fourth-order valence-electron chi connectivity index (χ4n) is 2.13. The molecule has 0 spiro atoms. The highest BCUT2D eigenvalue weighted by Gasteiger charge is 2.44. The van der Waals surface area contributed by atoms with Gasteiger partial charge in [-0.2, -0.15) is 0 Å². The van der Waals surface area contributed by atoms with E-state index in [2.05, 4.69) is 10.1 Å². The van der Waals surface area contributed by atoms with Crippen molar-refractivity contribution in [2.75, 3.05) is 11.9 Å². The van der Waals surface area contributed by atoms with Crippen LogP contribution in [0.2, 0.25) is 0 Å². The van der Waals surface area contributed by atoms with Gasteiger partial charge in [0.05, 0.1) is 0 Å². The molecule has 1 aliphatic rings. The molecule has 1 saturated heterocycles. The van der Waals surface area contributed by atoms with E-state index in [0.29, 0.717) is 17.8 Å². The van der Waals surface area contributed by atoms with Crippen molar-refractivity contribution in [3.63, 3.8) is 0 Å². The second-order valence-electron chi connectivity index (χ2n) is 5.20. The van der Waals surface area contributed by atoms with E-state index in [1.54, 1.807) is 18.2 Å². The molecule has 0 aliphatic carbocycles. The standard InChI is InChI=1S/C16H14F3NO3/c17-16(18,19)23-14-3-1-2-13(8-14)20-9-11-4-6-12(7-5-11)15(21)10-22-15/h1-8,20-21H,9-10H2. The summed E-state index contributed by atoms with van der Waals surface area (Å²) in [4.78, 5) is 0. The van der Waals surface area contributed by atoms with Gasteiger partial charge in [-0.05, 0) is 17.7 Å². The Kier molecular flexibility index (Phi) is 3.91. The second-order valence-corrected chi connectivity index (χ2v) is 5.20. The van der Waals surface area contributed by atoms with E-state index in [1.165, 1.54) is 18.2 Å². The zero-order chi connectivity index (χ0) is 16.5. The summed E-state index contributed by atoms with van der Waals surface area (Å²) in [6.45, 7) is 0.714. The summed E-state index contributed by atoms with van der Waals surface area (Å²) in [5.41, 5.74) is 2.11. The Morgan fingerprint density at radius 1 is 1.17 bits per heavy atom. The number of ether oxygens (including phenoxy) is 2. The van der Waals surface area contributed by atoms with Crippen LogP contribution in [0.25, 0.3) is 0 Å². The van der Waals surface area contributed by atoms with Crippen molar-refractivity contribution in [1.82, 2.24) is 0 Å². The highest BCUT2D eigenvalue weighted by atomic mass is 19.4. The smallest absolute Gasteiger partial charge is 0.406 e. The van der Waals surface area contributed by atoms with Crippen molar-refractivity contribution in [3.8, 4) is 5.75 Å². The Bertz CT molecular complexity index is 682. The summed E-state index contributed by atoms with van der Waals surface area (Å²) in [6.07, 6.45) is -4.71. The normalized spacial score (nSPS) is 20.2. The molecule has 1 atom stereocenters. The van der Waals surface area contributed by atoms with Crippen LogP contribution in [0.15, 0.2) is 48.5 Å². The minimum absolute atomic E-state index is 0.272.